The molecule has 0 aromatic heterocycles. The van der Waals surface area contributed by atoms with Gasteiger partial charge in [0.2, 0.25) is 0 Å². The van der Waals surface area contributed by atoms with Crippen molar-refractivity contribution >= 4 is 32.5 Å². The Morgan fingerprint density at radius 2 is 1.94 bits per heavy atom. The van der Waals surface area contributed by atoms with Crippen molar-refractivity contribution in [2.24, 2.45) is 0 Å². The van der Waals surface area contributed by atoms with Gasteiger partial charge in [0.25, 0.3) is 0 Å². The fourth-order valence-corrected chi connectivity index (χ4v) is 3.00. The summed E-state index contributed by atoms with van der Waals surface area (Å²) in [5.41, 5.74) is 0.630. The van der Waals surface area contributed by atoms with Crippen LogP contribution in [0.25, 0.3) is 0 Å². The Bertz CT molecular complexity index is 400. The van der Waals surface area contributed by atoms with Crippen LogP contribution in [-0.2, 0) is 10.8 Å². The fraction of sp³-hybridized carbons (Fsp3) is 0.462. The van der Waals surface area contributed by atoms with Gasteiger partial charge in [-0.25, -0.2) is 0 Å². The van der Waals surface area contributed by atoms with Gasteiger partial charge in [0.05, 0.1) is 5.25 Å². The Morgan fingerprint density at radius 1 is 1.35 bits per heavy atom. The zero-order valence-corrected chi connectivity index (χ0v) is 12.5. The van der Waals surface area contributed by atoms with Gasteiger partial charge in [0, 0.05) is 26.6 Å². The normalized spacial score (nSPS) is 14.3. The summed E-state index contributed by atoms with van der Waals surface area (Å²) < 4.78 is 12.8. The molecule has 2 unspecified atom stereocenters. The third kappa shape index (κ3) is 4.36. The molecule has 2 atom stereocenters. The van der Waals surface area contributed by atoms with E-state index >= 15 is 0 Å². The highest BCUT2D eigenvalue weighted by Gasteiger charge is 2.20. The fourth-order valence-electron chi connectivity index (χ4n) is 1.43. The maximum absolute atomic E-state index is 12.1. The maximum Gasteiger partial charge on any atom is 0.178 e. The van der Waals surface area contributed by atoms with E-state index in [-0.39, 0.29) is 5.78 Å². The molecule has 1 rings (SSSR count). The summed E-state index contributed by atoms with van der Waals surface area (Å²) in [6.07, 6.45) is 1.91. The van der Waals surface area contributed by atoms with E-state index < -0.39 is 16.0 Å². The van der Waals surface area contributed by atoms with Crippen molar-refractivity contribution in [3.05, 3.63) is 34.3 Å². The Hall–Kier alpha value is -0.480. The molecule has 0 N–H and O–H groups in total. The first-order valence-corrected chi connectivity index (χ1v) is 7.90. The number of Topliss-reactive ketones (excluding diaryl/α,β-unsaturated/α-hetero) is 1. The van der Waals surface area contributed by atoms with Crippen LogP contribution in [-0.4, -0.2) is 21.0 Å². The average Bonchev–Trinajstić information content (AvgIpc) is 2.35. The standard InChI is InChI=1S/C13H17BrO2S/c1-3-4-9-17(16)10(2)13(15)11-5-7-12(14)8-6-11/h5-8,10H,3-4,9H2,1-2H3. The Morgan fingerprint density at radius 3 is 2.47 bits per heavy atom. The molecule has 0 amide bonds. The average molecular weight is 317 g/mol. The van der Waals surface area contributed by atoms with Gasteiger partial charge in [-0.2, -0.15) is 0 Å². The summed E-state index contributed by atoms with van der Waals surface area (Å²) in [5.74, 6) is 0.576. The maximum atomic E-state index is 12.1. The number of rotatable bonds is 6. The van der Waals surface area contributed by atoms with Gasteiger partial charge in [0.1, 0.15) is 0 Å². The van der Waals surface area contributed by atoms with Gasteiger partial charge in [-0.15, -0.1) is 0 Å². The van der Waals surface area contributed by atoms with Crippen LogP contribution in [0.4, 0.5) is 0 Å². The molecule has 0 saturated heterocycles. The Labute approximate surface area is 113 Å². The third-order valence-electron chi connectivity index (χ3n) is 2.59. The van der Waals surface area contributed by atoms with E-state index in [0.29, 0.717) is 11.3 Å². The van der Waals surface area contributed by atoms with Gasteiger partial charge in [-0.3, -0.25) is 9.00 Å². The molecule has 0 fully saturated rings. The van der Waals surface area contributed by atoms with Crippen LogP contribution < -0.4 is 0 Å². The van der Waals surface area contributed by atoms with Crippen molar-refractivity contribution < 1.29 is 9.00 Å². The summed E-state index contributed by atoms with van der Waals surface area (Å²) >= 11 is 3.32. The molecular formula is C13H17BrO2S. The van der Waals surface area contributed by atoms with E-state index in [0.717, 1.165) is 17.3 Å². The van der Waals surface area contributed by atoms with Crippen molar-refractivity contribution in [1.29, 1.82) is 0 Å². The second-order valence-electron chi connectivity index (χ2n) is 3.95. The molecule has 0 radical (unpaired) electrons. The number of unbranched alkanes of at least 4 members (excludes halogenated alkanes) is 1. The largest absolute Gasteiger partial charge is 0.293 e. The van der Waals surface area contributed by atoms with Gasteiger partial charge < -0.3 is 0 Å². The summed E-state index contributed by atoms with van der Waals surface area (Å²) in [4.78, 5) is 12.1. The molecule has 0 heterocycles. The molecule has 0 spiro atoms. The van der Waals surface area contributed by atoms with E-state index in [2.05, 4.69) is 22.9 Å². The number of ketones is 1. The van der Waals surface area contributed by atoms with Crippen LogP contribution in [0.1, 0.15) is 37.0 Å². The molecule has 0 aliphatic heterocycles. The van der Waals surface area contributed by atoms with E-state index in [1.807, 2.05) is 12.1 Å². The highest BCUT2D eigenvalue weighted by atomic mass is 79.9. The topological polar surface area (TPSA) is 34.1 Å². The first-order chi connectivity index (χ1) is 8.06. The number of halogens is 1. The van der Waals surface area contributed by atoms with Gasteiger partial charge >= 0.3 is 0 Å². The molecule has 94 valence electrons. The molecular weight excluding hydrogens is 300 g/mol. The minimum absolute atomic E-state index is 0.0352. The van der Waals surface area contributed by atoms with E-state index in [4.69, 9.17) is 0 Å². The van der Waals surface area contributed by atoms with Crippen LogP contribution in [0.5, 0.6) is 0 Å². The van der Waals surface area contributed by atoms with Gasteiger partial charge in [0.15, 0.2) is 5.78 Å². The number of carbonyl (C=O) groups excluding carboxylic acids is 1. The summed E-state index contributed by atoms with van der Waals surface area (Å²) in [7, 11) is -1.06. The molecule has 0 aliphatic rings. The number of hydrogen-bond acceptors (Lipinski definition) is 2. The SMILES string of the molecule is CCCCS(=O)C(C)C(=O)c1ccc(Br)cc1. The van der Waals surface area contributed by atoms with E-state index in [1.165, 1.54) is 0 Å². The molecule has 0 bridgehead atoms. The van der Waals surface area contributed by atoms with Crippen LogP contribution in [0.2, 0.25) is 0 Å². The molecule has 0 aliphatic carbocycles. The summed E-state index contributed by atoms with van der Waals surface area (Å²) in [6.45, 7) is 3.80. The zero-order chi connectivity index (χ0) is 12.8. The summed E-state index contributed by atoms with van der Waals surface area (Å²) in [6, 6.07) is 7.18. The lowest BCUT2D eigenvalue weighted by atomic mass is 10.1. The van der Waals surface area contributed by atoms with Crippen molar-refractivity contribution in [2.45, 2.75) is 31.9 Å². The monoisotopic (exact) mass is 316 g/mol. The van der Waals surface area contributed by atoms with E-state index in [1.54, 1.807) is 19.1 Å². The molecule has 0 saturated carbocycles. The van der Waals surface area contributed by atoms with Crippen molar-refractivity contribution in [3.63, 3.8) is 0 Å². The smallest absolute Gasteiger partial charge is 0.178 e. The third-order valence-corrected chi connectivity index (χ3v) is 4.81. The van der Waals surface area contributed by atoms with Crippen molar-refractivity contribution in [2.75, 3.05) is 5.75 Å². The quantitative estimate of drug-likeness (QED) is 0.752. The minimum Gasteiger partial charge on any atom is -0.293 e. The predicted molar refractivity (Wildman–Crippen MR) is 75.9 cm³/mol. The van der Waals surface area contributed by atoms with Gasteiger partial charge in [-0.05, 0) is 25.5 Å². The van der Waals surface area contributed by atoms with Gasteiger partial charge in [-0.1, -0.05) is 41.4 Å². The molecule has 1 aromatic rings. The summed E-state index contributed by atoms with van der Waals surface area (Å²) in [5, 5.41) is -0.414. The van der Waals surface area contributed by atoms with E-state index in [9.17, 15) is 9.00 Å². The zero-order valence-electron chi connectivity index (χ0n) is 10.1. The highest BCUT2D eigenvalue weighted by molar-refractivity contribution is 9.10. The molecule has 17 heavy (non-hydrogen) atoms. The number of carbonyl (C=O) groups is 1. The minimum atomic E-state index is -1.06. The lowest BCUT2D eigenvalue weighted by Gasteiger charge is -2.10. The Balaban J connectivity index is 2.69. The molecule has 4 heteroatoms. The van der Waals surface area contributed by atoms with Crippen LogP contribution >= 0.6 is 15.9 Å². The van der Waals surface area contributed by atoms with Crippen LogP contribution in [0.3, 0.4) is 0 Å². The number of benzene rings is 1. The van der Waals surface area contributed by atoms with Crippen molar-refractivity contribution in [1.82, 2.24) is 0 Å². The number of hydrogen-bond donors (Lipinski definition) is 0. The van der Waals surface area contributed by atoms with Crippen LogP contribution in [0.15, 0.2) is 28.7 Å². The Kier molecular flexibility index (Phi) is 6.06. The lowest BCUT2D eigenvalue weighted by molar-refractivity contribution is 0.0992. The molecule has 2 nitrogen and oxygen atoms in total. The lowest BCUT2D eigenvalue weighted by Crippen LogP contribution is -2.24. The second-order valence-corrected chi connectivity index (χ2v) is 6.74. The molecule has 1 aromatic carbocycles. The predicted octanol–water partition coefficient (Wildman–Crippen LogP) is 3.57. The first kappa shape index (κ1) is 14.6. The first-order valence-electron chi connectivity index (χ1n) is 5.73. The van der Waals surface area contributed by atoms with Crippen molar-refractivity contribution in [3.8, 4) is 0 Å². The second kappa shape index (κ2) is 7.07. The highest BCUT2D eigenvalue weighted by Crippen LogP contribution is 2.14. The van der Waals surface area contributed by atoms with Crippen LogP contribution in [0, 0.1) is 0 Å².